The fraction of sp³-hybridized carbons (Fsp3) is 0.818. The van der Waals surface area contributed by atoms with Gasteiger partial charge in [0.15, 0.2) is 6.10 Å². The van der Waals surface area contributed by atoms with Crippen LogP contribution >= 0.6 is 0 Å². The molecule has 0 aliphatic rings. The number of carbonyl (C=O) groups excluding carboxylic acids is 1. The van der Waals surface area contributed by atoms with Gasteiger partial charge in [0.1, 0.15) is 0 Å². The minimum atomic E-state index is -1.18. The average Bonchev–Trinajstić information content (AvgIpc) is 2.37. The van der Waals surface area contributed by atoms with E-state index in [1.165, 1.54) is 13.8 Å². The number of aliphatic hydroxyl groups is 5. The number of hydrogen-bond acceptors (Lipinski definition) is 7. The molecule has 9 heteroatoms. The molecule has 0 aromatic carbocycles. The van der Waals surface area contributed by atoms with Crippen molar-refractivity contribution in [2.75, 3.05) is 19.8 Å². The summed E-state index contributed by atoms with van der Waals surface area (Å²) in [5.41, 5.74) is 4.47. The highest BCUT2D eigenvalue weighted by molar-refractivity contribution is 5.71. The number of hydrogen-bond donors (Lipinski definition) is 7. The summed E-state index contributed by atoms with van der Waals surface area (Å²) >= 11 is 0. The van der Waals surface area contributed by atoms with Crippen molar-refractivity contribution in [1.29, 1.82) is 0 Å². The molecule has 0 aromatic heterocycles. The van der Waals surface area contributed by atoms with Gasteiger partial charge in [0.05, 0.1) is 25.9 Å². The van der Waals surface area contributed by atoms with Crippen LogP contribution in [0.5, 0.6) is 0 Å². The van der Waals surface area contributed by atoms with Crippen molar-refractivity contribution in [3.8, 4) is 0 Å². The normalized spacial score (nSPS) is 11.2. The van der Waals surface area contributed by atoms with Crippen LogP contribution in [0.1, 0.15) is 27.2 Å². The highest BCUT2D eigenvalue weighted by Crippen LogP contribution is 1.86. The van der Waals surface area contributed by atoms with Crippen LogP contribution in [-0.2, 0) is 9.59 Å². The zero-order valence-electron chi connectivity index (χ0n) is 12.1. The molecule has 0 aromatic rings. The molecule has 0 aliphatic carbocycles. The molecule has 2 atom stereocenters. The Bertz CT molecular complexity index is 205. The van der Waals surface area contributed by atoms with Crippen LogP contribution in [0.25, 0.3) is 0 Å². The van der Waals surface area contributed by atoms with E-state index in [0.29, 0.717) is 0 Å². The van der Waals surface area contributed by atoms with Crippen molar-refractivity contribution in [3.63, 3.8) is 0 Å². The molecule has 124 valence electrons. The summed E-state index contributed by atoms with van der Waals surface area (Å²) in [5, 5.41) is 47.5. The van der Waals surface area contributed by atoms with Crippen LogP contribution in [0.2, 0.25) is 0 Å². The van der Waals surface area contributed by atoms with Gasteiger partial charge in [-0.2, -0.15) is 0 Å². The van der Waals surface area contributed by atoms with E-state index >= 15 is 0 Å². The predicted octanol–water partition coefficient (Wildman–Crippen LogP) is -2.34. The first-order valence-corrected chi connectivity index (χ1v) is 5.78. The first-order valence-electron chi connectivity index (χ1n) is 5.78. The lowest BCUT2D eigenvalue weighted by Crippen LogP contribution is -2.17. The number of primary amides is 1. The molecule has 0 heterocycles. The van der Waals surface area contributed by atoms with Crippen molar-refractivity contribution < 1.29 is 40.2 Å². The molecule has 0 spiro atoms. The second kappa shape index (κ2) is 22.9. The molecule has 20 heavy (non-hydrogen) atoms. The number of amides is 1. The van der Waals surface area contributed by atoms with Gasteiger partial charge in [-0.15, -0.1) is 0 Å². The monoisotopic (exact) mass is 301 g/mol. The topological polar surface area (TPSA) is 182 Å². The minimum absolute atomic E-state index is 0.125. The quantitative estimate of drug-likeness (QED) is 0.301. The summed E-state index contributed by atoms with van der Waals surface area (Å²) in [4.78, 5) is 18.9. The van der Waals surface area contributed by atoms with Crippen molar-refractivity contribution in [1.82, 2.24) is 0 Å². The van der Waals surface area contributed by atoms with E-state index in [1.54, 1.807) is 6.92 Å². The zero-order chi connectivity index (χ0) is 17.1. The second-order valence-electron chi connectivity index (χ2n) is 3.35. The Morgan fingerprint density at radius 2 is 1.35 bits per heavy atom. The molecule has 0 radical (unpaired) electrons. The predicted molar refractivity (Wildman–Crippen MR) is 71.7 cm³/mol. The Kier molecular flexibility index (Phi) is 31.1. The lowest BCUT2D eigenvalue weighted by Gasteiger charge is -1.95. The Morgan fingerprint density at radius 1 is 1.10 bits per heavy atom. The molecule has 8 N–H and O–H groups in total. The van der Waals surface area contributed by atoms with Crippen LogP contribution in [0, 0.1) is 0 Å². The van der Waals surface area contributed by atoms with Crippen LogP contribution in [0.4, 0.5) is 0 Å². The van der Waals surface area contributed by atoms with Gasteiger partial charge in [0.2, 0.25) is 5.91 Å². The number of aliphatic carboxylic acids is 1. The van der Waals surface area contributed by atoms with Gasteiger partial charge in [-0.1, -0.05) is 6.92 Å². The summed E-state index contributed by atoms with van der Waals surface area (Å²) in [6.45, 7) is 4.05. The average molecular weight is 301 g/mol. The Hall–Kier alpha value is -1.26. The number of carboxylic acids is 1. The SMILES string of the molecule is CC(N)=O.CC(O)CO.CCC(O)C(=O)O.OCCO. The maximum Gasteiger partial charge on any atom is 0.332 e. The van der Waals surface area contributed by atoms with Crippen molar-refractivity contribution in [3.05, 3.63) is 0 Å². The summed E-state index contributed by atoms with van der Waals surface area (Å²) in [6.07, 6.45) is -1.47. The van der Waals surface area contributed by atoms with Crippen molar-refractivity contribution in [2.45, 2.75) is 39.4 Å². The number of nitrogens with two attached hydrogens (primary N) is 1. The van der Waals surface area contributed by atoms with Crippen LogP contribution < -0.4 is 5.73 Å². The molecule has 0 saturated heterocycles. The Balaban J connectivity index is -0.0000000883. The third-order valence-electron chi connectivity index (χ3n) is 1.04. The standard InChI is InChI=1S/C4H8O3.C3H8O2.C2H5NO.C2H6O2/c1-2-3(5)4(6)7;1-3(5)2-4;1-2(3)4;3-1-2-4/h3,5H,2H2,1H3,(H,6,7);3-5H,2H2,1H3;1H3,(H2,3,4);3-4H,1-2H2. The summed E-state index contributed by atoms with van der Waals surface area (Å²) in [6, 6.07) is 0. The van der Waals surface area contributed by atoms with Crippen LogP contribution in [0.15, 0.2) is 0 Å². The summed E-state index contributed by atoms with van der Waals surface area (Å²) in [5.74, 6) is -1.48. The lowest BCUT2D eigenvalue weighted by molar-refractivity contribution is -0.146. The molecule has 9 nitrogen and oxygen atoms in total. The number of carboxylic acid groups (broad SMARTS) is 1. The zero-order valence-corrected chi connectivity index (χ0v) is 12.1. The van der Waals surface area contributed by atoms with E-state index in [2.05, 4.69) is 5.73 Å². The van der Waals surface area contributed by atoms with E-state index in [1.807, 2.05) is 0 Å². The fourth-order valence-corrected chi connectivity index (χ4v) is 0.175. The lowest BCUT2D eigenvalue weighted by atomic mass is 10.3. The van der Waals surface area contributed by atoms with Crippen molar-refractivity contribution >= 4 is 11.9 Å². The maximum atomic E-state index is 9.68. The third-order valence-corrected chi connectivity index (χ3v) is 1.04. The van der Waals surface area contributed by atoms with E-state index in [-0.39, 0.29) is 32.1 Å². The largest absolute Gasteiger partial charge is 0.479 e. The first-order chi connectivity index (χ1) is 9.10. The molecule has 0 saturated carbocycles. The molecule has 0 bridgehead atoms. The second-order valence-corrected chi connectivity index (χ2v) is 3.35. The van der Waals surface area contributed by atoms with Gasteiger partial charge >= 0.3 is 5.97 Å². The van der Waals surface area contributed by atoms with Crippen LogP contribution in [-0.4, -0.2) is 74.5 Å². The molecule has 1 amide bonds. The Labute approximate surface area is 118 Å². The molecule has 2 unspecified atom stereocenters. The van der Waals surface area contributed by atoms with E-state index in [9.17, 15) is 9.59 Å². The van der Waals surface area contributed by atoms with E-state index in [0.717, 1.165) is 0 Å². The summed E-state index contributed by atoms with van der Waals surface area (Å²) in [7, 11) is 0. The molecule has 0 aliphatic heterocycles. The highest BCUT2D eigenvalue weighted by atomic mass is 16.4. The first kappa shape index (κ1) is 27.1. The number of aliphatic hydroxyl groups excluding tert-OH is 5. The van der Waals surface area contributed by atoms with E-state index in [4.69, 9.17) is 30.6 Å². The van der Waals surface area contributed by atoms with Gasteiger partial charge < -0.3 is 36.4 Å². The number of carbonyl (C=O) groups is 2. The molecular weight excluding hydrogens is 274 g/mol. The third kappa shape index (κ3) is 69.2. The highest BCUT2D eigenvalue weighted by Gasteiger charge is 2.07. The van der Waals surface area contributed by atoms with Crippen molar-refractivity contribution in [2.24, 2.45) is 5.73 Å². The smallest absolute Gasteiger partial charge is 0.332 e. The van der Waals surface area contributed by atoms with Gasteiger partial charge in [0.25, 0.3) is 0 Å². The van der Waals surface area contributed by atoms with E-state index < -0.39 is 18.2 Å². The van der Waals surface area contributed by atoms with Gasteiger partial charge in [-0.05, 0) is 13.3 Å². The molecule has 0 rings (SSSR count). The maximum absolute atomic E-state index is 9.68. The Morgan fingerprint density at radius 3 is 1.35 bits per heavy atom. The van der Waals surface area contributed by atoms with Gasteiger partial charge in [-0.3, -0.25) is 4.79 Å². The van der Waals surface area contributed by atoms with Gasteiger partial charge in [-0.25, -0.2) is 4.79 Å². The summed E-state index contributed by atoms with van der Waals surface area (Å²) < 4.78 is 0. The molecular formula is C11H27NO8. The number of rotatable bonds is 4. The molecule has 0 fully saturated rings. The fourth-order valence-electron chi connectivity index (χ4n) is 0.175. The van der Waals surface area contributed by atoms with Crippen LogP contribution in [0.3, 0.4) is 0 Å². The van der Waals surface area contributed by atoms with Gasteiger partial charge in [0, 0.05) is 6.92 Å². The minimum Gasteiger partial charge on any atom is -0.479 e.